The maximum atomic E-state index is 13.1. The second kappa shape index (κ2) is 9.28. The summed E-state index contributed by atoms with van der Waals surface area (Å²) < 4.78 is 13.7. The molecule has 4 aromatic rings. The molecule has 4 rings (SSSR count). The van der Waals surface area contributed by atoms with E-state index in [1.165, 1.54) is 0 Å². The lowest BCUT2D eigenvalue weighted by atomic mass is 10.0. The zero-order chi connectivity index (χ0) is 20.9. The molecular formula is C25H16Br2O3. The molecule has 0 N–H and O–H groups in total. The van der Waals surface area contributed by atoms with Crippen molar-refractivity contribution < 1.29 is 14.3 Å². The van der Waals surface area contributed by atoms with Gasteiger partial charge in [-0.25, -0.2) is 0 Å². The number of carbonyl (C=O) groups is 1. The Kier molecular flexibility index (Phi) is 6.31. The lowest BCUT2D eigenvalue weighted by Crippen LogP contribution is -2.03. The molecule has 0 aliphatic carbocycles. The molecule has 0 unspecified atom stereocenters. The Morgan fingerprint density at radius 3 is 1.60 bits per heavy atom. The van der Waals surface area contributed by atoms with E-state index in [2.05, 4.69) is 31.9 Å². The average molecular weight is 524 g/mol. The molecule has 5 heteroatoms. The topological polar surface area (TPSA) is 35.5 Å². The van der Waals surface area contributed by atoms with E-state index in [0.29, 0.717) is 28.4 Å². The van der Waals surface area contributed by atoms with Crippen LogP contribution in [0.4, 0.5) is 0 Å². The van der Waals surface area contributed by atoms with Crippen molar-refractivity contribution in [2.24, 2.45) is 0 Å². The number of ketones is 1. The molecule has 0 fully saturated rings. The van der Waals surface area contributed by atoms with E-state index in [1.807, 2.05) is 60.7 Å². The summed E-state index contributed by atoms with van der Waals surface area (Å²) in [4.78, 5) is 13.1. The van der Waals surface area contributed by atoms with Gasteiger partial charge < -0.3 is 9.47 Å². The lowest BCUT2D eigenvalue weighted by molar-refractivity contribution is 0.103. The van der Waals surface area contributed by atoms with Gasteiger partial charge in [-0.15, -0.1) is 0 Å². The van der Waals surface area contributed by atoms with Crippen LogP contribution in [0.1, 0.15) is 15.9 Å². The Morgan fingerprint density at radius 2 is 1.03 bits per heavy atom. The third-order valence-electron chi connectivity index (χ3n) is 4.34. The predicted octanol–water partition coefficient (Wildman–Crippen LogP) is 8.03. The van der Waals surface area contributed by atoms with Gasteiger partial charge in [0, 0.05) is 14.5 Å². The molecule has 3 nitrogen and oxygen atoms in total. The highest BCUT2D eigenvalue weighted by molar-refractivity contribution is 9.10. The molecular weight excluding hydrogens is 508 g/mol. The highest BCUT2D eigenvalue weighted by atomic mass is 79.9. The average Bonchev–Trinajstić information content (AvgIpc) is 2.77. The van der Waals surface area contributed by atoms with E-state index >= 15 is 0 Å². The van der Waals surface area contributed by atoms with Crippen LogP contribution < -0.4 is 9.47 Å². The van der Waals surface area contributed by atoms with Crippen LogP contribution in [0.3, 0.4) is 0 Å². The predicted molar refractivity (Wildman–Crippen MR) is 125 cm³/mol. The number of benzene rings is 4. The fourth-order valence-corrected chi connectivity index (χ4v) is 3.37. The van der Waals surface area contributed by atoms with Gasteiger partial charge in [-0.05, 0) is 84.9 Å². The number of hydrogen-bond acceptors (Lipinski definition) is 3. The first-order chi connectivity index (χ1) is 14.6. The largest absolute Gasteiger partial charge is 0.457 e. The molecule has 0 aromatic heterocycles. The first kappa shape index (κ1) is 20.4. The monoisotopic (exact) mass is 522 g/mol. The highest BCUT2D eigenvalue weighted by Gasteiger charge is 2.15. The van der Waals surface area contributed by atoms with Crippen molar-refractivity contribution in [3.8, 4) is 23.0 Å². The minimum Gasteiger partial charge on any atom is -0.457 e. The molecule has 0 spiro atoms. The second-order valence-electron chi connectivity index (χ2n) is 6.46. The van der Waals surface area contributed by atoms with Gasteiger partial charge in [0.1, 0.15) is 23.0 Å². The minimum absolute atomic E-state index is 0.113. The molecule has 0 aliphatic rings. The molecule has 0 aliphatic heterocycles. The van der Waals surface area contributed by atoms with Gasteiger partial charge in [0.25, 0.3) is 0 Å². The number of hydrogen-bond donors (Lipinski definition) is 0. The van der Waals surface area contributed by atoms with Crippen molar-refractivity contribution in [3.05, 3.63) is 117 Å². The zero-order valence-electron chi connectivity index (χ0n) is 15.7. The van der Waals surface area contributed by atoms with Gasteiger partial charge in [0.15, 0.2) is 5.78 Å². The summed E-state index contributed by atoms with van der Waals surface area (Å²) in [5.74, 6) is 2.45. The number of ether oxygens (including phenoxy) is 2. The van der Waals surface area contributed by atoms with E-state index < -0.39 is 0 Å². The molecule has 0 heterocycles. The molecule has 0 atom stereocenters. The smallest absolute Gasteiger partial charge is 0.196 e. The molecule has 0 saturated carbocycles. The summed E-state index contributed by atoms with van der Waals surface area (Å²) in [6.07, 6.45) is 0. The van der Waals surface area contributed by atoms with Gasteiger partial charge in [-0.1, -0.05) is 44.0 Å². The summed E-state index contributed by atoms with van der Waals surface area (Å²) in [6.45, 7) is 0. The van der Waals surface area contributed by atoms with E-state index in [0.717, 1.165) is 14.7 Å². The van der Waals surface area contributed by atoms with Crippen LogP contribution in [0.15, 0.2) is 106 Å². The fraction of sp³-hybridized carbons (Fsp3) is 0. The fourth-order valence-electron chi connectivity index (χ4n) is 2.84. The quantitative estimate of drug-likeness (QED) is 0.240. The first-order valence-electron chi connectivity index (χ1n) is 9.19. The minimum atomic E-state index is -0.113. The Hall–Kier alpha value is -2.89. The van der Waals surface area contributed by atoms with Gasteiger partial charge in [0.2, 0.25) is 0 Å². The summed E-state index contributed by atoms with van der Waals surface area (Å²) >= 11 is 6.81. The van der Waals surface area contributed by atoms with Crippen LogP contribution in [-0.4, -0.2) is 5.78 Å². The van der Waals surface area contributed by atoms with E-state index in [9.17, 15) is 4.79 Å². The number of para-hydroxylation sites is 1. The van der Waals surface area contributed by atoms with Crippen molar-refractivity contribution in [2.75, 3.05) is 0 Å². The summed E-state index contributed by atoms with van der Waals surface area (Å²) in [7, 11) is 0. The first-order valence-corrected chi connectivity index (χ1v) is 10.8. The lowest BCUT2D eigenvalue weighted by Gasteiger charge is -2.11. The van der Waals surface area contributed by atoms with Crippen LogP contribution >= 0.6 is 31.9 Å². The summed E-state index contributed by atoms with van der Waals surface area (Å²) in [5, 5.41) is 0. The maximum absolute atomic E-state index is 13.1. The van der Waals surface area contributed by atoms with Crippen LogP contribution in [0.5, 0.6) is 23.0 Å². The van der Waals surface area contributed by atoms with Crippen LogP contribution in [0, 0.1) is 0 Å². The Bertz CT molecular complexity index is 1150. The van der Waals surface area contributed by atoms with E-state index in [4.69, 9.17) is 9.47 Å². The van der Waals surface area contributed by atoms with Crippen molar-refractivity contribution >= 4 is 37.6 Å². The molecule has 0 saturated heterocycles. The van der Waals surface area contributed by atoms with Crippen molar-refractivity contribution in [1.29, 1.82) is 0 Å². The summed E-state index contributed by atoms with van der Waals surface area (Å²) in [6, 6.07) is 29.4. The molecule has 30 heavy (non-hydrogen) atoms. The molecule has 0 amide bonds. The maximum Gasteiger partial charge on any atom is 0.196 e. The van der Waals surface area contributed by atoms with Gasteiger partial charge in [-0.2, -0.15) is 0 Å². The van der Waals surface area contributed by atoms with E-state index in [-0.39, 0.29) is 5.78 Å². The number of halogens is 2. The second-order valence-corrected chi connectivity index (χ2v) is 8.29. The van der Waals surface area contributed by atoms with Gasteiger partial charge in [0.05, 0.1) is 5.56 Å². The van der Waals surface area contributed by atoms with Crippen molar-refractivity contribution in [3.63, 3.8) is 0 Å². The molecule has 0 bridgehead atoms. The van der Waals surface area contributed by atoms with Crippen LogP contribution in [-0.2, 0) is 0 Å². The highest BCUT2D eigenvalue weighted by Crippen LogP contribution is 2.29. The van der Waals surface area contributed by atoms with E-state index in [1.54, 1.807) is 36.4 Å². The number of carbonyl (C=O) groups excluding carboxylic acids is 1. The third-order valence-corrected chi connectivity index (χ3v) is 5.40. The van der Waals surface area contributed by atoms with Crippen LogP contribution in [0.25, 0.3) is 0 Å². The van der Waals surface area contributed by atoms with Gasteiger partial charge >= 0.3 is 0 Å². The standard InChI is InChI=1S/C25H16Br2O3/c26-18-7-13-21(14-8-18)29-20-11-5-17(6-12-20)25(28)23-3-1-2-4-24(23)30-22-15-9-19(27)10-16-22/h1-16H. The van der Waals surface area contributed by atoms with Gasteiger partial charge in [-0.3, -0.25) is 4.79 Å². The Balaban J connectivity index is 1.53. The van der Waals surface area contributed by atoms with Crippen molar-refractivity contribution in [1.82, 2.24) is 0 Å². The molecule has 4 aromatic carbocycles. The summed E-state index contributed by atoms with van der Waals surface area (Å²) in [5.41, 5.74) is 1.06. The molecule has 148 valence electrons. The normalized spacial score (nSPS) is 10.5. The van der Waals surface area contributed by atoms with Crippen LogP contribution in [0.2, 0.25) is 0 Å². The number of rotatable bonds is 6. The SMILES string of the molecule is O=C(c1ccc(Oc2ccc(Br)cc2)cc1)c1ccccc1Oc1ccc(Br)cc1. The zero-order valence-corrected chi connectivity index (χ0v) is 18.9. The Labute approximate surface area is 191 Å². The third kappa shape index (κ3) is 4.99. The Morgan fingerprint density at radius 1 is 0.567 bits per heavy atom. The van der Waals surface area contributed by atoms with Crippen molar-refractivity contribution in [2.45, 2.75) is 0 Å². The molecule has 0 radical (unpaired) electrons.